The predicted molar refractivity (Wildman–Crippen MR) is 77.2 cm³/mol. The minimum atomic E-state index is -0.849. The number of carboxylic acids is 1. The monoisotopic (exact) mass is 305 g/mol. The molecule has 1 aromatic rings. The van der Waals surface area contributed by atoms with Crippen molar-refractivity contribution < 1.29 is 24.2 Å². The predicted octanol–water partition coefficient (Wildman–Crippen LogP) is 1.89. The summed E-state index contributed by atoms with van der Waals surface area (Å²) in [6.07, 6.45) is 0.397. The number of rotatable bonds is 5. The fraction of sp³-hybridized carbons (Fsp3) is 0.500. The van der Waals surface area contributed by atoms with E-state index in [-0.39, 0.29) is 13.2 Å². The van der Waals surface area contributed by atoms with Crippen molar-refractivity contribution in [2.24, 2.45) is 5.41 Å². The first kappa shape index (κ1) is 14.8. The fourth-order valence-electron chi connectivity index (χ4n) is 3.70. The molecule has 6 heteroatoms. The van der Waals surface area contributed by atoms with Gasteiger partial charge < -0.3 is 14.6 Å². The molecule has 3 aliphatic rings. The van der Waals surface area contributed by atoms with E-state index in [9.17, 15) is 14.7 Å². The average molecular weight is 305 g/mol. The quantitative estimate of drug-likeness (QED) is 0.899. The SMILES string of the molecule is COCC12CC(C(=O)O)(CN1C(=O)OCc1ccccc1)C2. The minimum absolute atomic E-state index is 0.180. The summed E-state index contributed by atoms with van der Waals surface area (Å²) in [7, 11) is 1.56. The van der Waals surface area contributed by atoms with Crippen LogP contribution in [0, 0.1) is 5.41 Å². The Morgan fingerprint density at radius 2 is 1.95 bits per heavy atom. The van der Waals surface area contributed by atoms with Gasteiger partial charge in [-0.2, -0.15) is 0 Å². The van der Waals surface area contributed by atoms with Gasteiger partial charge in [0.05, 0.1) is 17.6 Å². The fourth-order valence-corrected chi connectivity index (χ4v) is 3.70. The molecule has 0 atom stereocenters. The lowest BCUT2D eigenvalue weighted by molar-refractivity contribution is -0.154. The van der Waals surface area contributed by atoms with Crippen molar-refractivity contribution in [1.82, 2.24) is 4.90 Å². The number of hydrogen-bond donors (Lipinski definition) is 1. The molecule has 2 aliphatic heterocycles. The van der Waals surface area contributed by atoms with Crippen LogP contribution in [-0.2, 0) is 20.9 Å². The summed E-state index contributed by atoms with van der Waals surface area (Å²) in [5.74, 6) is -0.849. The first-order valence-electron chi connectivity index (χ1n) is 7.22. The smallest absolute Gasteiger partial charge is 0.410 e. The Bertz CT molecular complexity index is 579. The molecule has 1 aromatic carbocycles. The molecule has 1 saturated carbocycles. The van der Waals surface area contributed by atoms with Crippen molar-refractivity contribution >= 4 is 12.1 Å². The van der Waals surface area contributed by atoms with Gasteiger partial charge in [-0.15, -0.1) is 0 Å². The van der Waals surface area contributed by atoms with Crippen LogP contribution in [0.1, 0.15) is 18.4 Å². The van der Waals surface area contributed by atoms with E-state index < -0.39 is 23.0 Å². The highest BCUT2D eigenvalue weighted by Crippen LogP contribution is 2.59. The summed E-state index contributed by atoms with van der Waals surface area (Å²) in [4.78, 5) is 25.3. The number of aliphatic carboxylic acids is 1. The molecule has 2 heterocycles. The topological polar surface area (TPSA) is 76.1 Å². The molecule has 2 bridgehead atoms. The highest BCUT2D eigenvalue weighted by molar-refractivity contribution is 5.82. The number of carbonyl (C=O) groups excluding carboxylic acids is 1. The van der Waals surface area contributed by atoms with Crippen LogP contribution in [0.4, 0.5) is 4.79 Å². The summed E-state index contributed by atoms with van der Waals surface area (Å²) >= 11 is 0. The van der Waals surface area contributed by atoms with Crippen molar-refractivity contribution in [1.29, 1.82) is 0 Å². The molecule has 0 unspecified atom stereocenters. The van der Waals surface area contributed by atoms with Gasteiger partial charge in [-0.05, 0) is 18.4 Å². The zero-order valence-corrected chi connectivity index (χ0v) is 12.4. The molecule has 4 rings (SSSR count). The summed E-state index contributed by atoms with van der Waals surface area (Å²) in [5, 5.41) is 9.38. The zero-order chi connectivity index (χ0) is 15.8. The van der Waals surface area contributed by atoms with E-state index in [1.165, 1.54) is 4.90 Å². The van der Waals surface area contributed by atoms with Gasteiger partial charge in [0.25, 0.3) is 0 Å². The highest BCUT2D eigenvalue weighted by atomic mass is 16.6. The molecule has 6 nitrogen and oxygen atoms in total. The number of fused-ring (bicyclic) bond motifs is 1. The Morgan fingerprint density at radius 3 is 2.55 bits per heavy atom. The Labute approximate surface area is 128 Å². The maximum Gasteiger partial charge on any atom is 0.410 e. The average Bonchev–Trinajstić information content (AvgIpc) is 2.98. The van der Waals surface area contributed by atoms with E-state index in [1.807, 2.05) is 30.3 Å². The minimum Gasteiger partial charge on any atom is -0.481 e. The standard InChI is InChI=1S/C16H19NO5/c1-21-11-16-8-15(9-16,13(18)19)10-17(16)14(20)22-7-12-5-3-2-4-6-12/h2-6H,7-11H2,1H3,(H,18,19). The van der Waals surface area contributed by atoms with E-state index in [4.69, 9.17) is 9.47 Å². The Hall–Kier alpha value is -2.08. The molecule has 1 amide bonds. The lowest BCUT2D eigenvalue weighted by Gasteiger charge is -2.44. The van der Waals surface area contributed by atoms with Crippen molar-refractivity contribution in [3.63, 3.8) is 0 Å². The Kier molecular flexibility index (Phi) is 3.56. The highest BCUT2D eigenvalue weighted by Gasteiger charge is 2.70. The Morgan fingerprint density at radius 1 is 1.27 bits per heavy atom. The van der Waals surface area contributed by atoms with Crippen molar-refractivity contribution in [3.05, 3.63) is 35.9 Å². The summed E-state index contributed by atoms with van der Waals surface area (Å²) in [6.45, 7) is 0.709. The van der Waals surface area contributed by atoms with E-state index in [2.05, 4.69) is 0 Å². The molecule has 118 valence electrons. The van der Waals surface area contributed by atoms with Crippen LogP contribution in [0.15, 0.2) is 30.3 Å². The molecular weight excluding hydrogens is 286 g/mol. The maximum absolute atomic E-state index is 12.4. The second-order valence-corrected chi connectivity index (χ2v) is 6.22. The number of carbonyl (C=O) groups is 2. The number of amides is 1. The van der Waals surface area contributed by atoms with Gasteiger partial charge in [0, 0.05) is 13.7 Å². The third-order valence-corrected chi connectivity index (χ3v) is 4.66. The number of nitrogens with zero attached hydrogens (tertiary/aromatic N) is 1. The van der Waals surface area contributed by atoms with Crippen LogP contribution in [0.5, 0.6) is 0 Å². The van der Waals surface area contributed by atoms with Crippen molar-refractivity contribution in [2.45, 2.75) is 25.0 Å². The number of benzene rings is 1. The van der Waals surface area contributed by atoms with Crippen molar-refractivity contribution in [3.8, 4) is 0 Å². The summed E-state index contributed by atoms with van der Waals surface area (Å²) in [6, 6.07) is 9.40. The van der Waals surface area contributed by atoms with Crippen LogP contribution in [0.3, 0.4) is 0 Å². The number of methoxy groups -OCH3 is 1. The van der Waals surface area contributed by atoms with Crippen LogP contribution in [0.2, 0.25) is 0 Å². The lowest BCUT2D eigenvalue weighted by Crippen LogP contribution is -2.55. The van der Waals surface area contributed by atoms with Crippen LogP contribution in [-0.4, -0.2) is 47.9 Å². The zero-order valence-electron chi connectivity index (χ0n) is 12.4. The summed E-state index contributed by atoms with van der Waals surface area (Å²) in [5.41, 5.74) is -0.457. The first-order valence-corrected chi connectivity index (χ1v) is 7.22. The molecule has 0 radical (unpaired) electrons. The molecule has 22 heavy (non-hydrogen) atoms. The first-order chi connectivity index (χ1) is 10.5. The van der Waals surface area contributed by atoms with E-state index in [0.717, 1.165) is 5.56 Å². The van der Waals surface area contributed by atoms with Gasteiger partial charge in [-0.25, -0.2) is 4.79 Å². The van der Waals surface area contributed by atoms with Crippen molar-refractivity contribution in [2.75, 3.05) is 20.3 Å². The Balaban J connectivity index is 1.68. The number of carboxylic acid groups (broad SMARTS) is 1. The normalized spacial score (nSPS) is 29.0. The third-order valence-electron chi connectivity index (χ3n) is 4.66. The lowest BCUT2D eigenvalue weighted by atomic mass is 9.62. The molecular formula is C16H19NO5. The van der Waals surface area contributed by atoms with E-state index >= 15 is 0 Å². The van der Waals surface area contributed by atoms with Gasteiger partial charge in [-0.3, -0.25) is 9.69 Å². The number of hydrogen-bond acceptors (Lipinski definition) is 4. The van der Waals surface area contributed by atoms with Crippen LogP contribution in [0.25, 0.3) is 0 Å². The second kappa shape index (κ2) is 5.28. The van der Waals surface area contributed by atoms with Gasteiger partial charge in [0.1, 0.15) is 6.61 Å². The summed E-state index contributed by atoms with van der Waals surface area (Å²) < 4.78 is 10.5. The van der Waals surface area contributed by atoms with Gasteiger partial charge in [0.15, 0.2) is 0 Å². The molecule has 0 spiro atoms. The molecule has 3 fully saturated rings. The largest absolute Gasteiger partial charge is 0.481 e. The number of ether oxygens (including phenoxy) is 2. The molecule has 1 N–H and O–H groups in total. The van der Waals surface area contributed by atoms with Crippen LogP contribution < -0.4 is 0 Å². The second-order valence-electron chi connectivity index (χ2n) is 6.22. The van der Waals surface area contributed by atoms with Gasteiger partial charge in [-0.1, -0.05) is 30.3 Å². The van der Waals surface area contributed by atoms with E-state index in [1.54, 1.807) is 7.11 Å². The molecule has 1 aliphatic carbocycles. The van der Waals surface area contributed by atoms with Gasteiger partial charge >= 0.3 is 12.1 Å². The van der Waals surface area contributed by atoms with Gasteiger partial charge in [0.2, 0.25) is 0 Å². The van der Waals surface area contributed by atoms with E-state index in [0.29, 0.717) is 19.4 Å². The maximum atomic E-state index is 12.4. The molecule has 0 aromatic heterocycles. The molecule has 2 saturated heterocycles. The van der Waals surface area contributed by atoms with Crippen LogP contribution >= 0.6 is 0 Å². The third kappa shape index (κ3) is 2.23.